The van der Waals surface area contributed by atoms with Crippen molar-refractivity contribution in [3.8, 4) is 0 Å². The highest BCUT2D eigenvalue weighted by molar-refractivity contribution is 4.98. The summed E-state index contributed by atoms with van der Waals surface area (Å²) >= 11 is 0. The molecular weight excluding hydrogens is 251 g/mol. The second-order valence-electron chi connectivity index (χ2n) is 6.85. The fourth-order valence-corrected chi connectivity index (χ4v) is 4.23. The molecule has 1 aliphatic carbocycles. The Bertz CT molecular complexity index is 272. The molecule has 0 amide bonds. The van der Waals surface area contributed by atoms with Crippen molar-refractivity contribution in [2.75, 3.05) is 26.3 Å². The summed E-state index contributed by atoms with van der Waals surface area (Å²) in [7, 11) is 0. The first-order chi connectivity index (χ1) is 9.74. The summed E-state index contributed by atoms with van der Waals surface area (Å²) in [5, 5.41) is 3.85. The summed E-state index contributed by atoms with van der Waals surface area (Å²) in [4.78, 5) is 2.62. The van der Waals surface area contributed by atoms with E-state index in [9.17, 15) is 4.39 Å². The minimum Gasteiger partial charge on any atom is -0.308 e. The van der Waals surface area contributed by atoms with Gasteiger partial charge in [0.1, 0.15) is 0 Å². The largest absolute Gasteiger partial charge is 0.308 e. The van der Waals surface area contributed by atoms with Crippen LogP contribution < -0.4 is 5.32 Å². The van der Waals surface area contributed by atoms with Crippen molar-refractivity contribution in [3.63, 3.8) is 0 Å². The molecule has 1 saturated heterocycles. The lowest BCUT2D eigenvalue weighted by Gasteiger charge is -2.50. The number of piperazine rings is 1. The van der Waals surface area contributed by atoms with Gasteiger partial charge in [-0.05, 0) is 38.0 Å². The molecule has 1 unspecified atom stereocenters. The highest BCUT2D eigenvalue weighted by Gasteiger charge is 2.39. The van der Waals surface area contributed by atoms with Gasteiger partial charge >= 0.3 is 0 Å². The first-order valence-electron chi connectivity index (χ1n) is 8.79. The number of halogens is 1. The van der Waals surface area contributed by atoms with Gasteiger partial charge in [-0.2, -0.15) is 0 Å². The molecule has 0 aromatic rings. The molecule has 1 atom stereocenters. The Morgan fingerprint density at radius 1 is 1.15 bits per heavy atom. The van der Waals surface area contributed by atoms with Gasteiger partial charge in [-0.25, -0.2) is 0 Å². The highest BCUT2D eigenvalue weighted by Crippen LogP contribution is 2.33. The molecule has 0 radical (unpaired) electrons. The summed E-state index contributed by atoms with van der Waals surface area (Å²) in [6, 6.07) is 0.646. The van der Waals surface area contributed by atoms with Gasteiger partial charge in [0.15, 0.2) is 0 Å². The quantitative estimate of drug-likeness (QED) is 0.799. The van der Waals surface area contributed by atoms with Crippen LogP contribution in [0.2, 0.25) is 0 Å². The molecule has 3 heteroatoms. The molecule has 0 aromatic heterocycles. The van der Waals surface area contributed by atoms with E-state index in [-0.39, 0.29) is 12.2 Å². The molecule has 1 N–H and O–H groups in total. The van der Waals surface area contributed by atoms with Gasteiger partial charge in [-0.3, -0.25) is 9.29 Å². The van der Waals surface area contributed by atoms with Gasteiger partial charge < -0.3 is 5.32 Å². The number of hydrogen-bond donors (Lipinski definition) is 1. The minimum absolute atomic E-state index is 0.174. The minimum atomic E-state index is -0.174. The summed E-state index contributed by atoms with van der Waals surface area (Å²) in [6.45, 7) is 7.56. The molecule has 20 heavy (non-hydrogen) atoms. The maximum absolute atomic E-state index is 12.6. The summed E-state index contributed by atoms with van der Waals surface area (Å²) in [5.41, 5.74) is 0.265. The van der Waals surface area contributed by atoms with Crippen molar-refractivity contribution >= 4 is 0 Å². The van der Waals surface area contributed by atoms with E-state index in [2.05, 4.69) is 24.1 Å². The second-order valence-corrected chi connectivity index (χ2v) is 6.85. The number of hydrogen-bond acceptors (Lipinski definition) is 2. The molecule has 1 aliphatic heterocycles. The SMILES string of the molecule is CCC1(CC)CN(CCCF)C(C2CCCCC2)CN1. The lowest BCUT2D eigenvalue weighted by atomic mass is 9.79. The number of alkyl halides is 1. The third kappa shape index (κ3) is 3.73. The molecule has 2 fully saturated rings. The molecular formula is C17H33FN2. The molecule has 1 heterocycles. The number of nitrogens with zero attached hydrogens (tertiary/aromatic N) is 1. The van der Waals surface area contributed by atoms with E-state index < -0.39 is 0 Å². The van der Waals surface area contributed by atoms with Crippen molar-refractivity contribution in [1.82, 2.24) is 10.2 Å². The predicted molar refractivity (Wildman–Crippen MR) is 83.8 cm³/mol. The smallest absolute Gasteiger partial charge is 0.0906 e. The van der Waals surface area contributed by atoms with Crippen LogP contribution in [0.4, 0.5) is 4.39 Å². The van der Waals surface area contributed by atoms with Gasteiger partial charge in [0, 0.05) is 31.2 Å². The Kier molecular flexibility index (Phi) is 6.28. The van der Waals surface area contributed by atoms with Crippen molar-refractivity contribution in [1.29, 1.82) is 0 Å². The zero-order chi connectivity index (χ0) is 14.4. The summed E-state index contributed by atoms with van der Waals surface area (Å²) < 4.78 is 12.6. The normalized spacial score (nSPS) is 28.6. The monoisotopic (exact) mass is 284 g/mol. The number of nitrogens with one attached hydrogen (secondary N) is 1. The van der Waals surface area contributed by atoms with Crippen molar-refractivity contribution in [2.45, 2.75) is 76.8 Å². The van der Waals surface area contributed by atoms with Crippen LogP contribution in [0.1, 0.15) is 65.2 Å². The van der Waals surface area contributed by atoms with Gasteiger partial charge in [-0.15, -0.1) is 0 Å². The van der Waals surface area contributed by atoms with Crippen LogP contribution in [0.5, 0.6) is 0 Å². The first-order valence-corrected chi connectivity index (χ1v) is 8.79. The lowest BCUT2D eigenvalue weighted by Crippen LogP contribution is -2.65. The molecule has 2 aliphatic rings. The molecule has 2 rings (SSSR count). The molecule has 2 nitrogen and oxygen atoms in total. The Morgan fingerprint density at radius 3 is 2.45 bits per heavy atom. The van der Waals surface area contributed by atoms with Crippen molar-refractivity contribution < 1.29 is 4.39 Å². The van der Waals surface area contributed by atoms with Crippen LogP contribution in [-0.4, -0.2) is 42.8 Å². The Hall–Kier alpha value is -0.150. The van der Waals surface area contributed by atoms with Gasteiger partial charge in [0.25, 0.3) is 0 Å². The third-order valence-corrected chi connectivity index (χ3v) is 5.79. The summed E-state index contributed by atoms with van der Waals surface area (Å²) in [5.74, 6) is 0.836. The second kappa shape index (κ2) is 7.74. The zero-order valence-corrected chi connectivity index (χ0v) is 13.5. The topological polar surface area (TPSA) is 15.3 Å². The Balaban J connectivity index is 2.02. The van der Waals surface area contributed by atoms with E-state index in [1.165, 1.54) is 44.9 Å². The van der Waals surface area contributed by atoms with E-state index >= 15 is 0 Å². The predicted octanol–water partition coefficient (Wildman–Crippen LogP) is 3.76. The van der Waals surface area contributed by atoms with Crippen LogP contribution in [0.3, 0.4) is 0 Å². The maximum Gasteiger partial charge on any atom is 0.0906 e. The van der Waals surface area contributed by atoms with E-state index in [1.54, 1.807) is 0 Å². The zero-order valence-electron chi connectivity index (χ0n) is 13.5. The molecule has 118 valence electrons. The fraction of sp³-hybridized carbons (Fsp3) is 1.00. The average Bonchev–Trinajstić information content (AvgIpc) is 2.53. The lowest BCUT2D eigenvalue weighted by molar-refractivity contribution is 0.0305. The molecule has 0 spiro atoms. The Labute approximate surface area is 124 Å². The van der Waals surface area contributed by atoms with E-state index in [0.29, 0.717) is 12.5 Å². The highest BCUT2D eigenvalue weighted by atomic mass is 19.1. The van der Waals surface area contributed by atoms with Crippen molar-refractivity contribution in [3.05, 3.63) is 0 Å². The van der Waals surface area contributed by atoms with Crippen molar-refractivity contribution in [2.24, 2.45) is 5.92 Å². The van der Waals surface area contributed by atoms with E-state index in [4.69, 9.17) is 0 Å². The average molecular weight is 284 g/mol. The van der Waals surface area contributed by atoms with Crippen LogP contribution >= 0.6 is 0 Å². The van der Waals surface area contributed by atoms with E-state index in [1.807, 2.05) is 0 Å². The van der Waals surface area contributed by atoms with E-state index in [0.717, 1.165) is 25.6 Å². The van der Waals surface area contributed by atoms with Crippen LogP contribution in [0, 0.1) is 5.92 Å². The van der Waals surface area contributed by atoms with Crippen LogP contribution in [0.25, 0.3) is 0 Å². The first kappa shape index (κ1) is 16.2. The molecule has 0 aromatic carbocycles. The molecule has 1 saturated carbocycles. The standard InChI is InChI=1S/C17H33FN2/c1-3-17(4-2)14-20(12-8-11-18)16(13-19-17)15-9-6-5-7-10-15/h15-16,19H,3-14H2,1-2H3. The van der Waals surface area contributed by atoms with Gasteiger partial charge in [0.05, 0.1) is 6.67 Å². The third-order valence-electron chi connectivity index (χ3n) is 5.79. The fourth-order valence-electron chi connectivity index (χ4n) is 4.23. The summed E-state index contributed by atoms with van der Waals surface area (Å²) in [6.07, 6.45) is 10.0. The van der Waals surface area contributed by atoms with Crippen LogP contribution in [0.15, 0.2) is 0 Å². The number of rotatable bonds is 6. The Morgan fingerprint density at radius 2 is 1.85 bits per heavy atom. The van der Waals surface area contributed by atoms with Gasteiger partial charge in [-0.1, -0.05) is 33.1 Å². The maximum atomic E-state index is 12.6. The van der Waals surface area contributed by atoms with Gasteiger partial charge in [0.2, 0.25) is 0 Å². The van der Waals surface area contributed by atoms with Crippen LogP contribution in [-0.2, 0) is 0 Å². The molecule has 0 bridgehead atoms.